The van der Waals surface area contributed by atoms with Crippen LogP contribution in [-0.2, 0) is 11.3 Å². The van der Waals surface area contributed by atoms with Crippen LogP contribution in [0, 0.1) is 0 Å². The van der Waals surface area contributed by atoms with E-state index in [1.807, 2.05) is 43.0 Å². The lowest BCUT2D eigenvalue weighted by Gasteiger charge is -2.36. The molecule has 18 heavy (non-hydrogen) atoms. The second-order valence-electron chi connectivity index (χ2n) is 4.85. The van der Waals surface area contributed by atoms with E-state index < -0.39 is 0 Å². The SMILES string of the molecule is C[C@@H]1CN(C(=O)c2ccc(CN)cc2)[C@H](C)CO1. The molecule has 1 aliphatic rings. The third-order valence-electron chi connectivity index (χ3n) is 3.31. The molecule has 4 heteroatoms. The minimum absolute atomic E-state index is 0.0706. The van der Waals surface area contributed by atoms with Gasteiger partial charge in [-0.1, -0.05) is 12.1 Å². The van der Waals surface area contributed by atoms with Crippen molar-refractivity contribution in [1.82, 2.24) is 4.90 Å². The molecule has 2 rings (SSSR count). The van der Waals surface area contributed by atoms with Crippen molar-refractivity contribution in [1.29, 1.82) is 0 Å². The van der Waals surface area contributed by atoms with E-state index in [2.05, 4.69) is 0 Å². The number of amides is 1. The molecule has 4 nitrogen and oxygen atoms in total. The van der Waals surface area contributed by atoms with E-state index in [1.165, 1.54) is 0 Å². The Morgan fingerprint density at radius 1 is 1.39 bits per heavy atom. The number of ether oxygens (including phenoxy) is 1. The minimum Gasteiger partial charge on any atom is -0.375 e. The van der Waals surface area contributed by atoms with E-state index in [-0.39, 0.29) is 18.1 Å². The Hall–Kier alpha value is -1.39. The Bertz CT molecular complexity index is 416. The highest BCUT2D eigenvalue weighted by Gasteiger charge is 2.27. The van der Waals surface area contributed by atoms with Crippen molar-refractivity contribution in [2.45, 2.75) is 32.5 Å². The lowest BCUT2D eigenvalue weighted by atomic mass is 10.1. The molecule has 98 valence electrons. The van der Waals surface area contributed by atoms with Gasteiger partial charge in [0.2, 0.25) is 0 Å². The first-order chi connectivity index (χ1) is 8.61. The Balaban J connectivity index is 2.13. The maximum absolute atomic E-state index is 12.4. The van der Waals surface area contributed by atoms with Gasteiger partial charge in [-0.15, -0.1) is 0 Å². The van der Waals surface area contributed by atoms with Crippen LogP contribution in [0.2, 0.25) is 0 Å². The van der Waals surface area contributed by atoms with Crippen molar-refractivity contribution in [3.63, 3.8) is 0 Å². The normalized spacial score (nSPS) is 24.1. The van der Waals surface area contributed by atoms with Gasteiger partial charge in [-0.2, -0.15) is 0 Å². The molecule has 1 heterocycles. The first-order valence-corrected chi connectivity index (χ1v) is 6.33. The van der Waals surface area contributed by atoms with Crippen LogP contribution in [0.5, 0.6) is 0 Å². The predicted octanol–water partition coefficient (Wildman–Crippen LogP) is 1.39. The number of morpholine rings is 1. The molecule has 0 spiro atoms. The highest BCUT2D eigenvalue weighted by atomic mass is 16.5. The first kappa shape index (κ1) is 13.1. The third-order valence-corrected chi connectivity index (χ3v) is 3.31. The summed E-state index contributed by atoms with van der Waals surface area (Å²) in [5.74, 6) is 0.0706. The smallest absolute Gasteiger partial charge is 0.254 e. The predicted molar refractivity (Wildman–Crippen MR) is 70.2 cm³/mol. The van der Waals surface area contributed by atoms with Crippen molar-refractivity contribution < 1.29 is 9.53 Å². The van der Waals surface area contributed by atoms with Gasteiger partial charge in [-0.05, 0) is 31.5 Å². The number of hydrogen-bond acceptors (Lipinski definition) is 3. The molecule has 1 fully saturated rings. The van der Waals surface area contributed by atoms with Gasteiger partial charge < -0.3 is 15.4 Å². The molecule has 2 N–H and O–H groups in total. The van der Waals surface area contributed by atoms with Crippen LogP contribution in [0.4, 0.5) is 0 Å². The fourth-order valence-corrected chi connectivity index (χ4v) is 2.14. The van der Waals surface area contributed by atoms with Crippen LogP contribution in [0.3, 0.4) is 0 Å². The molecule has 0 aromatic heterocycles. The molecular weight excluding hydrogens is 228 g/mol. The van der Waals surface area contributed by atoms with E-state index in [9.17, 15) is 4.79 Å². The van der Waals surface area contributed by atoms with Crippen molar-refractivity contribution in [2.24, 2.45) is 5.73 Å². The molecule has 0 radical (unpaired) electrons. The number of nitrogens with two attached hydrogens (primary N) is 1. The van der Waals surface area contributed by atoms with Crippen LogP contribution < -0.4 is 5.73 Å². The molecule has 2 atom stereocenters. The maximum Gasteiger partial charge on any atom is 0.254 e. The zero-order valence-corrected chi connectivity index (χ0v) is 10.9. The number of rotatable bonds is 2. The maximum atomic E-state index is 12.4. The third kappa shape index (κ3) is 2.71. The second-order valence-corrected chi connectivity index (χ2v) is 4.85. The Morgan fingerprint density at radius 2 is 2.06 bits per heavy atom. The number of benzene rings is 1. The average molecular weight is 248 g/mol. The lowest BCUT2D eigenvalue weighted by Crippen LogP contribution is -2.50. The molecule has 0 saturated carbocycles. The van der Waals surface area contributed by atoms with Gasteiger partial charge in [0.15, 0.2) is 0 Å². The van der Waals surface area contributed by atoms with Crippen molar-refractivity contribution >= 4 is 5.91 Å². The summed E-state index contributed by atoms with van der Waals surface area (Å²) in [6.07, 6.45) is 0.105. The molecule has 0 unspecified atom stereocenters. The Labute approximate surface area is 108 Å². The average Bonchev–Trinajstić information content (AvgIpc) is 2.41. The van der Waals surface area contributed by atoms with E-state index in [0.29, 0.717) is 25.3 Å². The van der Waals surface area contributed by atoms with E-state index >= 15 is 0 Å². The number of carbonyl (C=O) groups is 1. The summed E-state index contributed by atoms with van der Waals surface area (Å²) in [5.41, 5.74) is 7.30. The van der Waals surface area contributed by atoms with E-state index in [0.717, 1.165) is 5.56 Å². The molecule has 1 aliphatic heterocycles. The summed E-state index contributed by atoms with van der Waals surface area (Å²) >= 11 is 0. The lowest BCUT2D eigenvalue weighted by molar-refractivity contribution is -0.0387. The summed E-state index contributed by atoms with van der Waals surface area (Å²) < 4.78 is 5.53. The van der Waals surface area contributed by atoms with Crippen LogP contribution in [0.25, 0.3) is 0 Å². The summed E-state index contributed by atoms with van der Waals surface area (Å²) in [5, 5.41) is 0. The monoisotopic (exact) mass is 248 g/mol. The van der Waals surface area contributed by atoms with Crippen LogP contribution >= 0.6 is 0 Å². The number of hydrogen-bond donors (Lipinski definition) is 1. The largest absolute Gasteiger partial charge is 0.375 e. The van der Waals surface area contributed by atoms with Gasteiger partial charge in [-0.25, -0.2) is 0 Å². The molecule has 1 saturated heterocycles. The summed E-state index contributed by atoms with van der Waals surface area (Å²) in [7, 11) is 0. The highest BCUT2D eigenvalue weighted by molar-refractivity contribution is 5.94. The first-order valence-electron chi connectivity index (χ1n) is 6.33. The highest BCUT2D eigenvalue weighted by Crippen LogP contribution is 2.15. The quantitative estimate of drug-likeness (QED) is 0.860. The molecule has 0 aliphatic carbocycles. The van der Waals surface area contributed by atoms with Crippen LogP contribution in [-0.4, -0.2) is 36.1 Å². The van der Waals surface area contributed by atoms with E-state index in [4.69, 9.17) is 10.5 Å². The Morgan fingerprint density at radius 3 is 2.67 bits per heavy atom. The van der Waals surface area contributed by atoms with Crippen molar-refractivity contribution in [3.8, 4) is 0 Å². The second kappa shape index (κ2) is 5.50. The van der Waals surface area contributed by atoms with Gasteiger partial charge >= 0.3 is 0 Å². The summed E-state index contributed by atoms with van der Waals surface area (Å²) in [6.45, 7) is 5.76. The van der Waals surface area contributed by atoms with Gasteiger partial charge in [0.25, 0.3) is 5.91 Å². The summed E-state index contributed by atoms with van der Waals surface area (Å²) in [4.78, 5) is 14.3. The number of nitrogens with zero attached hydrogens (tertiary/aromatic N) is 1. The van der Waals surface area contributed by atoms with Crippen LogP contribution in [0.1, 0.15) is 29.8 Å². The van der Waals surface area contributed by atoms with Gasteiger partial charge in [0.1, 0.15) is 0 Å². The van der Waals surface area contributed by atoms with E-state index in [1.54, 1.807) is 0 Å². The van der Waals surface area contributed by atoms with Gasteiger partial charge in [-0.3, -0.25) is 4.79 Å². The molecule has 1 aromatic carbocycles. The zero-order valence-electron chi connectivity index (χ0n) is 10.9. The minimum atomic E-state index is 0.0706. The standard InChI is InChI=1S/C14H20N2O2/c1-10-9-18-11(2)8-16(10)14(17)13-5-3-12(7-15)4-6-13/h3-6,10-11H,7-9,15H2,1-2H3/t10-,11-/m1/s1. The summed E-state index contributed by atoms with van der Waals surface area (Å²) in [6, 6.07) is 7.63. The van der Waals surface area contributed by atoms with Crippen molar-refractivity contribution in [3.05, 3.63) is 35.4 Å². The van der Waals surface area contributed by atoms with Crippen molar-refractivity contribution in [2.75, 3.05) is 13.2 Å². The van der Waals surface area contributed by atoms with Crippen LogP contribution in [0.15, 0.2) is 24.3 Å². The van der Waals surface area contributed by atoms with Gasteiger partial charge in [0, 0.05) is 18.7 Å². The fourth-order valence-electron chi connectivity index (χ4n) is 2.14. The number of carbonyl (C=O) groups excluding carboxylic acids is 1. The fraction of sp³-hybridized carbons (Fsp3) is 0.500. The molecule has 0 bridgehead atoms. The molecular formula is C14H20N2O2. The topological polar surface area (TPSA) is 55.6 Å². The zero-order chi connectivity index (χ0) is 13.1. The van der Waals surface area contributed by atoms with Gasteiger partial charge in [0.05, 0.1) is 18.8 Å². The Kier molecular flexibility index (Phi) is 3.99. The molecule has 1 aromatic rings. The molecule has 1 amide bonds.